The third-order valence-corrected chi connectivity index (χ3v) is 2.23. The number of hydrogen-bond acceptors (Lipinski definition) is 4. The lowest BCUT2D eigenvalue weighted by Gasteiger charge is -2.10. The van der Waals surface area contributed by atoms with Gasteiger partial charge in [0.25, 0.3) is 0 Å². The van der Waals surface area contributed by atoms with Crippen LogP contribution in [0.15, 0.2) is 12.3 Å². The van der Waals surface area contributed by atoms with Gasteiger partial charge >= 0.3 is 5.97 Å². The molecule has 0 saturated heterocycles. The second-order valence-corrected chi connectivity index (χ2v) is 3.93. The quantitative estimate of drug-likeness (QED) is 0.794. The Morgan fingerprint density at radius 3 is 2.82 bits per heavy atom. The van der Waals surface area contributed by atoms with Gasteiger partial charge in [0.05, 0.1) is 18.3 Å². The molecule has 0 atom stereocenters. The number of aromatic nitrogens is 1. The monoisotopic (exact) mass is 259 g/mol. The number of carboxylic acid groups (broad SMARTS) is 1. The van der Waals surface area contributed by atoms with Gasteiger partial charge in [-0.15, -0.1) is 0 Å². The van der Waals surface area contributed by atoms with Crippen molar-refractivity contribution in [2.45, 2.75) is 20.0 Å². The summed E-state index contributed by atoms with van der Waals surface area (Å²) in [5, 5.41) is 8.85. The summed E-state index contributed by atoms with van der Waals surface area (Å²) >= 11 is 5.84. The Hall–Kier alpha value is -1.33. The van der Waals surface area contributed by atoms with E-state index in [1.165, 1.54) is 12.3 Å². The number of aromatic carboxylic acids is 1. The predicted molar refractivity (Wildman–Crippen MR) is 62.8 cm³/mol. The van der Waals surface area contributed by atoms with Gasteiger partial charge in [0.1, 0.15) is 11.6 Å². The Balaban J connectivity index is 2.59. The normalized spacial score (nSPS) is 10.6. The van der Waals surface area contributed by atoms with Crippen molar-refractivity contribution in [2.24, 2.45) is 0 Å². The summed E-state index contributed by atoms with van der Waals surface area (Å²) in [6, 6.07) is 1.32. The van der Waals surface area contributed by atoms with Crippen LogP contribution in [0.2, 0.25) is 5.02 Å². The molecule has 0 aliphatic heterocycles. The number of halogens is 1. The Labute approximate surface area is 104 Å². The van der Waals surface area contributed by atoms with Crippen LogP contribution in [0.1, 0.15) is 24.2 Å². The van der Waals surface area contributed by atoms with Crippen molar-refractivity contribution >= 4 is 17.6 Å². The minimum absolute atomic E-state index is 0.00421. The number of nitrogens with zero attached hydrogens (tertiary/aromatic N) is 1. The molecule has 0 aromatic carbocycles. The van der Waals surface area contributed by atoms with Crippen molar-refractivity contribution < 1.29 is 19.4 Å². The van der Waals surface area contributed by atoms with Gasteiger partial charge in [-0.1, -0.05) is 11.6 Å². The zero-order valence-corrected chi connectivity index (χ0v) is 10.4. The first kappa shape index (κ1) is 13.7. The summed E-state index contributed by atoms with van der Waals surface area (Å²) < 4.78 is 10.5. The Morgan fingerprint density at radius 2 is 2.24 bits per heavy atom. The number of carbonyl (C=O) groups is 1. The van der Waals surface area contributed by atoms with Crippen molar-refractivity contribution in [3.05, 3.63) is 22.8 Å². The maximum Gasteiger partial charge on any atom is 0.337 e. The second kappa shape index (κ2) is 6.42. The first-order valence-corrected chi connectivity index (χ1v) is 5.52. The molecule has 0 spiro atoms. The van der Waals surface area contributed by atoms with Crippen LogP contribution in [0, 0.1) is 0 Å². The van der Waals surface area contributed by atoms with Gasteiger partial charge in [0.2, 0.25) is 5.88 Å². The van der Waals surface area contributed by atoms with Crippen LogP contribution in [0.25, 0.3) is 0 Å². The van der Waals surface area contributed by atoms with Crippen LogP contribution in [0.4, 0.5) is 0 Å². The number of rotatable bonds is 6. The van der Waals surface area contributed by atoms with Gasteiger partial charge in [-0.05, 0) is 19.9 Å². The standard InChI is InChI=1S/C11H14ClNO4/c1-7(2)16-5-6-17-10-9(12)8(11(14)15)3-4-13-10/h3-4,7H,5-6H2,1-2H3,(H,14,15). The van der Waals surface area contributed by atoms with E-state index in [9.17, 15) is 4.79 Å². The van der Waals surface area contributed by atoms with Crippen LogP contribution < -0.4 is 4.74 Å². The van der Waals surface area contributed by atoms with Gasteiger partial charge in [0.15, 0.2) is 0 Å². The maximum atomic E-state index is 10.8. The summed E-state index contributed by atoms with van der Waals surface area (Å²) in [5.74, 6) is -1.00. The molecule has 0 saturated carbocycles. The van der Waals surface area contributed by atoms with Crippen molar-refractivity contribution in [3.8, 4) is 5.88 Å². The molecule has 94 valence electrons. The molecule has 0 aliphatic carbocycles. The van der Waals surface area contributed by atoms with E-state index in [-0.39, 0.29) is 29.2 Å². The van der Waals surface area contributed by atoms with Gasteiger partial charge in [-0.2, -0.15) is 0 Å². The van der Waals surface area contributed by atoms with Gasteiger partial charge in [0, 0.05) is 6.20 Å². The molecule has 5 nitrogen and oxygen atoms in total. The Kier molecular flexibility index (Phi) is 5.18. The topological polar surface area (TPSA) is 68.7 Å². The van der Waals surface area contributed by atoms with E-state index in [4.69, 9.17) is 26.2 Å². The minimum atomic E-state index is -1.11. The van der Waals surface area contributed by atoms with E-state index in [0.717, 1.165) is 0 Å². The van der Waals surface area contributed by atoms with E-state index >= 15 is 0 Å². The molecular formula is C11H14ClNO4. The van der Waals surface area contributed by atoms with Gasteiger partial charge in [-0.25, -0.2) is 9.78 Å². The second-order valence-electron chi connectivity index (χ2n) is 3.55. The lowest BCUT2D eigenvalue weighted by Crippen LogP contribution is -2.12. The number of ether oxygens (including phenoxy) is 2. The van der Waals surface area contributed by atoms with Crippen molar-refractivity contribution in [1.82, 2.24) is 4.98 Å². The molecule has 0 bridgehead atoms. The fourth-order valence-corrected chi connectivity index (χ4v) is 1.36. The number of pyridine rings is 1. The zero-order valence-electron chi connectivity index (χ0n) is 9.64. The first-order chi connectivity index (χ1) is 8.02. The third kappa shape index (κ3) is 4.20. The maximum absolute atomic E-state index is 10.8. The van der Waals surface area contributed by atoms with Crippen LogP contribution in [-0.2, 0) is 4.74 Å². The molecule has 0 amide bonds. The highest BCUT2D eigenvalue weighted by molar-refractivity contribution is 6.34. The highest BCUT2D eigenvalue weighted by atomic mass is 35.5. The first-order valence-electron chi connectivity index (χ1n) is 5.14. The third-order valence-electron chi connectivity index (χ3n) is 1.86. The molecular weight excluding hydrogens is 246 g/mol. The molecule has 0 unspecified atom stereocenters. The van der Waals surface area contributed by atoms with E-state index in [1.807, 2.05) is 13.8 Å². The Morgan fingerprint density at radius 1 is 1.53 bits per heavy atom. The molecule has 1 aromatic heterocycles. The van der Waals surface area contributed by atoms with Crippen molar-refractivity contribution in [3.63, 3.8) is 0 Å². The van der Waals surface area contributed by atoms with Crippen LogP contribution in [0.5, 0.6) is 5.88 Å². The van der Waals surface area contributed by atoms with E-state index in [1.54, 1.807) is 0 Å². The van der Waals surface area contributed by atoms with Gasteiger partial charge in [-0.3, -0.25) is 0 Å². The lowest BCUT2D eigenvalue weighted by molar-refractivity contribution is 0.0542. The predicted octanol–water partition coefficient (Wildman–Crippen LogP) is 2.24. The summed E-state index contributed by atoms with van der Waals surface area (Å²) in [6.07, 6.45) is 1.46. The van der Waals surface area contributed by atoms with E-state index < -0.39 is 5.97 Å². The molecule has 1 N–H and O–H groups in total. The Bertz CT molecular complexity index is 395. The largest absolute Gasteiger partial charge is 0.478 e. The fourth-order valence-electron chi connectivity index (χ4n) is 1.11. The highest BCUT2D eigenvalue weighted by Crippen LogP contribution is 2.25. The molecule has 0 fully saturated rings. The molecule has 1 heterocycles. The molecule has 6 heteroatoms. The van der Waals surface area contributed by atoms with Gasteiger partial charge < -0.3 is 14.6 Å². The molecule has 1 aromatic rings. The fraction of sp³-hybridized carbons (Fsp3) is 0.455. The summed E-state index contributed by atoms with van der Waals surface area (Å²) in [4.78, 5) is 14.7. The average molecular weight is 260 g/mol. The minimum Gasteiger partial charge on any atom is -0.478 e. The van der Waals surface area contributed by atoms with E-state index in [0.29, 0.717) is 6.61 Å². The lowest BCUT2D eigenvalue weighted by atomic mass is 10.3. The smallest absolute Gasteiger partial charge is 0.337 e. The highest BCUT2D eigenvalue weighted by Gasteiger charge is 2.14. The average Bonchev–Trinajstić information content (AvgIpc) is 2.25. The molecule has 0 aliphatic rings. The van der Waals surface area contributed by atoms with Crippen molar-refractivity contribution in [1.29, 1.82) is 0 Å². The van der Waals surface area contributed by atoms with Crippen LogP contribution >= 0.6 is 11.6 Å². The zero-order chi connectivity index (χ0) is 12.8. The summed E-state index contributed by atoms with van der Waals surface area (Å²) in [5.41, 5.74) is -0.0264. The van der Waals surface area contributed by atoms with Crippen molar-refractivity contribution in [2.75, 3.05) is 13.2 Å². The SMILES string of the molecule is CC(C)OCCOc1nccc(C(=O)O)c1Cl. The number of hydrogen-bond donors (Lipinski definition) is 1. The van der Waals surface area contributed by atoms with E-state index in [2.05, 4.69) is 4.98 Å². The molecule has 1 rings (SSSR count). The van der Waals surface area contributed by atoms with Crippen LogP contribution in [0.3, 0.4) is 0 Å². The van der Waals surface area contributed by atoms with Crippen LogP contribution in [-0.4, -0.2) is 35.4 Å². The summed E-state index contributed by atoms with van der Waals surface area (Å²) in [7, 11) is 0. The number of carboxylic acids is 1. The summed E-state index contributed by atoms with van der Waals surface area (Å²) in [6.45, 7) is 4.49. The molecule has 17 heavy (non-hydrogen) atoms. The molecule has 0 radical (unpaired) electrons.